The van der Waals surface area contributed by atoms with Crippen molar-refractivity contribution in [3.63, 3.8) is 0 Å². The van der Waals surface area contributed by atoms with Gasteiger partial charge in [0.05, 0.1) is 0 Å². The van der Waals surface area contributed by atoms with Gasteiger partial charge in [-0.2, -0.15) is 0 Å². The van der Waals surface area contributed by atoms with E-state index in [9.17, 15) is 14.4 Å². The molecule has 0 radical (unpaired) electrons. The van der Waals surface area contributed by atoms with E-state index in [1.54, 1.807) is 0 Å². The Labute approximate surface area is 470 Å². The van der Waals surface area contributed by atoms with E-state index in [2.05, 4.69) is 130 Å². The van der Waals surface area contributed by atoms with Crippen LogP contribution in [0.1, 0.15) is 297 Å². The molecule has 0 aliphatic heterocycles. The Morgan fingerprint density at radius 3 is 0.855 bits per heavy atom. The summed E-state index contributed by atoms with van der Waals surface area (Å²) in [5, 5.41) is 0. The van der Waals surface area contributed by atoms with Crippen LogP contribution < -0.4 is 0 Å². The maximum atomic E-state index is 12.9. The highest BCUT2D eigenvalue weighted by molar-refractivity contribution is 5.71. The summed E-state index contributed by atoms with van der Waals surface area (Å²) >= 11 is 0. The molecule has 0 aliphatic carbocycles. The number of allylic oxidation sites excluding steroid dienone is 18. The van der Waals surface area contributed by atoms with E-state index in [0.717, 1.165) is 128 Å². The van der Waals surface area contributed by atoms with Crippen molar-refractivity contribution in [1.29, 1.82) is 0 Å². The van der Waals surface area contributed by atoms with Crippen LogP contribution in [0.25, 0.3) is 0 Å². The zero-order valence-electron chi connectivity index (χ0n) is 49.7. The molecular formula is C70H118O6. The topological polar surface area (TPSA) is 78.9 Å². The second-order valence-corrected chi connectivity index (χ2v) is 20.9. The number of carbonyl (C=O) groups is 3. The lowest BCUT2D eigenvalue weighted by atomic mass is 10.0. The number of rotatable bonds is 57. The summed E-state index contributed by atoms with van der Waals surface area (Å²) in [6.45, 7) is 6.46. The van der Waals surface area contributed by atoms with Crippen LogP contribution in [-0.4, -0.2) is 37.2 Å². The summed E-state index contributed by atoms with van der Waals surface area (Å²) in [4.78, 5) is 38.2. The smallest absolute Gasteiger partial charge is 0.306 e. The second kappa shape index (κ2) is 63.6. The van der Waals surface area contributed by atoms with Crippen LogP contribution in [-0.2, 0) is 28.6 Å². The molecule has 6 heteroatoms. The average Bonchev–Trinajstić information content (AvgIpc) is 3.42. The predicted molar refractivity (Wildman–Crippen MR) is 330 cm³/mol. The van der Waals surface area contributed by atoms with Gasteiger partial charge in [-0.05, 0) is 122 Å². The number of unbranched alkanes of at least 4 members (excludes halogenated alkanes) is 28. The molecule has 434 valence electrons. The Balaban J connectivity index is 4.22. The molecule has 0 rings (SSSR count). The van der Waals surface area contributed by atoms with Crippen molar-refractivity contribution in [2.75, 3.05) is 13.2 Å². The lowest BCUT2D eigenvalue weighted by Crippen LogP contribution is -2.30. The van der Waals surface area contributed by atoms with Crippen LogP contribution in [0.5, 0.6) is 0 Å². The Kier molecular flexibility index (Phi) is 60.3. The Hall–Kier alpha value is -3.93. The fourth-order valence-electron chi connectivity index (χ4n) is 8.69. The average molecular weight is 1060 g/mol. The third-order valence-corrected chi connectivity index (χ3v) is 13.5. The summed E-state index contributed by atoms with van der Waals surface area (Å²) in [6.07, 6.45) is 86.7. The van der Waals surface area contributed by atoms with Gasteiger partial charge in [-0.15, -0.1) is 0 Å². The van der Waals surface area contributed by atoms with Crippen molar-refractivity contribution in [2.24, 2.45) is 0 Å². The van der Waals surface area contributed by atoms with Crippen LogP contribution in [0.15, 0.2) is 109 Å². The second-order valence-electron chi connectivity index (χ2n) is 20.9. The molecular weight excluding hydrogens is 937 g/mol. The highest BCUT2D eigenvalue weighted by Crippen LogP contribution is 2.16. The van der Waals surface area contributed by atoms with Crippen LogP contribution in [0.3, 0.4) is 0 Å². The molecule has 1 atom stereocenters. The van der Waals surface area contributed by atoms with Gasteiger partial charge in [0.15, 0.2) is 6.10 Å². The van der Waals surface area contributed by atoms with Gasteiger partial charge in [-0.1, -0.05) is 265 Å². The molecule has 0 saturated carbocycles. The standard InChI is InChI=1S/C70H118O6/c1-4-7-10-13-16-19-22-24-26-28-29-30-31-32-33-34-35-36-37-38-39-40-41-42-44-45-48-51-54-57-60-63-69(72)75-66-67(65-74-68(71)62-59-56-53-50-47-21-18-15-12-9-6-3)76-70(73)64-61-58-55-52-49-46-43-27-25-23-20-17-14-11-8-5-2/h7,10,15-16,18-20,23-24,26-27,29-30,32-33,35-36,43,67H,4-6,8-9,11-14,17,21-22,25,28,31,34,37-42,44-66H2,1-3H3/b10-7-,18-15-,19-16-,23-20-,26-24-,30-29-,33-32-,36-35-,43-27-. The summed E-state index contributed by atoms with van der Waals surface area (Å²) in [5.41, 5.74) is 0. The maximum Gasteiger partial charge on any atom is 0.306 e. The van der Waals surface area contributed by atoms with Crippen LogP contribution in [0.4, 0.5) is 0 Å². The molecule has 0 aromatic rings. The van der Waals surface area contributed by atoms with Gasteiger partial charge in [0, 0.05) is 19.3 Å². The van der Waals surface area contributed by atoms with E-state index in [0.29, 0.717) is 19.3 Å². The van der Waals surface area contributed by atoms with Crippen molar-refractivity contribution in [2.45, 2.75) is 303 Å². The van der Waals surface area contributed by atoms with Gasteiger partial charge in [0.2, 0.25) is 0 Å². The van der Waals surface area contributed by atoms with Gasteiger partial charge in [-0.25, -0.2) is 0 Å². The molecule has 6 nitrogen and oxygen atoms in total. The summed E-state index contributed by atoms with van der Waals surface area (Å²) < 4.78 is 16.9. The minimum atomic E-state index is -0.790. The number of esters is 3. The molecule has 0 fully saturated rings. The first-order valence-electron chi connectivity index (χ1n) is 31.9. The van der Waals surface area contributed by atoms with E-state index in [1.807, 2.05) is 0 Å². The maximum absolute atomic E-state index is 12.9. The zero-order valence-corrected chi connectivity index (χ0v) is 49.7. The number of hydrogen-bond donors (Lipinski definition) is 0. The quantitative estimate of drug-likeness (QED) is 0.0261. The molecule has 0 amide bonds. The van der Waals surface area contributed by atoms with Crippen molar-refractivity contribution in [3.05, 3.63) is 109 Å². The molecule has 76 heavy (non-hydrogen) atoms. The normalized spacial score (nSPS) is 12.8. The molecule has 0 heterocycles. The van der Waals surface area contributed by atoms with Crippen molar-refractivity contribution < 1.29 is 28.6 Å². The molecule has 0 aliphatic rings. The monoisotopic (exact) mass is 1050 g/mol. The van der Waals surface area contributed by atoms with Gasteiger partial charge >= 0.3 is 17.9 Å². The Morgan fingerprint density at radius 2 is 0.526 bits per heavy atom. The molecule has 0 aromatic heterocycles. The van der Waals surface area contributed by atoms with Gasteiger partial charge in [0.1, 0.15) is 13.2 Å². The number of hydrogen-bond acceptors (Lipinski definition) is 6. The molecule has 0 spiro atoms. The van der Waals surface area contributed by atoms with Crippen molar-refractivity contribution in [3.8, 4) is 0 Å². The van der Waals surface area contributed by atoms with E-state index >= 15 is 0 Å². The van der Waals surface area contributed by atoms with Crippen molar-refractivity contribution >= 4 is 17.9 Å². The lowest BCUT2D eigenvalue weighted by Gasteiger charge is -2.18. The minimum Gasteiger partial charge on any atom is -0.462 e. The number of carbonyl (C=O) groups excluding carboxylic acids is 3. The first kappa shape index (κ1) is 72.1. The number of ether oxygens (including phenoxy) is 3. The summed E-state index contributed by atoms with van der Waals surface area (Å²) in [5.74, 6) is -0.907. The molecule has 0 saturated heterocycles. The van der Waals surface area contributed by atoms with E-state index in [4.69, 9.17) is 14.2 Å². The van der Waals surface area contributed by atoms with Gasteiger partial charge in [-0.3, -0.25) is 14.4 Å². The SMILES string of the molecule is CC/C=C\C/C=C\C/C=C\C/C=C\C/C=C\C/C=C\CCCCCCCCCCCCCCC(=O)OCC(COC(=O)CCCCCCC/C=C\CCCC)OC(=O)CCCCCCC/C=C\C/C=C\CCCCCC. The van der Waals surface area contributed by atoms with Crippen molar-refractivity contribution in [1.82, 2.24) is 0 Å². The largest absolute Gasteiger partial charge is 0.462 e. The Morgan fingerprint density at radius 1 is 0.276 bits per heavy atom. The zero-order chi connectivity index (χ0) is 55.0. The third kappa shape index (κ3) is 60.9. The fourth-order valence-corrected chi connectivity index (χ4v) is 8.69. The molecule has 1 unspecified atom stereocenters. The van der Waals surface area contributed by atoms with Crippen LogP contribution in [0, 0.1) is 0 Å². The highest BCUT2D eigenvalue weighted by Gasteiger charge is 2.19. The van der Waals surface area contributed by atoms with Crippen LogP contribution in [0.2, 0.25) is 0 Å². The predicted octanol–water partition coefficient (Wildman–Crippen LogP) is 21.8. The fraction of sp³-hybridized carbons (Fsp3) is 0.700. The third-order valence-electron chi connectivity index (χ3n) is 13.5. The summed E-state index contributed by atoms with van der Waals surface area (Å²) in [7, 11) is 0. The molecule has 0 bridgehead atoms. The Bertz CT molecular complexity index is 1540. The van der Waals surface area contributed by atoms with Gasteiger partial charge in [0.25, 0.3) is 0 Å². The van der Waals surface area contributed by atoms with E-state index in [-0.39, 0.29) is 31.1 Å². The van der Waals surface area contributed by atoms with E-state index in [1.165, 1.54) is 128 Å². The van der Waals surface area contributed by atoms with E-state index < -0.39 is 6.10 Å². The van der Waals surface area contributed by atoms with Gasteiger partial charge < -0.3 is 14.2 Å². The molecule has 0 aromatic carbocycles. The summed E-state index contributed by atoms with van der Waals surface area (Å²) in [6, 6.07) is 0. The molecule has 0 N–H and O–H groups in total. The lowest BCUT2D eigenvalue weighted by molar-refractivity contribution is -0.167. The first-order valence-corrected chi connectivity index (χ1v) is 31.9. The van der Waals surface area contributed by atoms with Crippen LogP contribution >= 0.6 is 0 Å². The highest BCUT2D eigenvalue weighted by atomic mass is 16.6. The first-order chi connectivity index (χ1) is 37.5. The minimum absolute atomic E-state index is 0.0868.